The van der Waals surface area contributed by atoms with Gasteiger partial charge in [-0.1, -0.05) is 0 Å². The van der Waals surface area contributed by atoms with Crippen LogP contribution < -0.4 is 0 Å². The fraction of sp³-hybridized carbons (Fsp3) is 0.500. The van der Waals surface area contributed by atoms with E-state index in [4.69, 9.17) is 9.15 Å². The number of carbonyl (C=O) groups is 1. The number of oxazole rings is 1. The second kappa shape index (κ2) is 7.01. The molecule has 0 atom stereocenters. The van der Waals surface area contributed by atoms with Crippen molar-refractivity contribution < 1.29 is 22.4 Å². The first-order chi connectivity index (χ1) is 11.9. The van der Waals surface area contributed by atoms with Crippen LogP contribution in [-0.4, -0.2) is 61.5 Å². The molecule has 1 aliphatic heterocycles. The van der Waals surface area contributed by atoms with Crippen LogP contribution in [0.25, 0.3) is 11.1 Å². The van der Waals surface area contributed by atoms with E-state index in [2.05, 4.69) is 4.98 Å². The molecule has 0 spiro atoms. The molecule has 1 aromatic carbocycles. The van der Waals surface area contributed by atoms with Gasteiger partial charge in [-0.05, 0) is 31.5 Å². The summed E-state index contributed by atoms with van der Waals surface area (Å²) in [6.45, 7) is 5.14. The summed E-state index contributed by atoms with van der Waals surface area (Å²) < 4.78 is 37.6. The molecule has 0 N–H and O–H groups in total. The number of aromatic nitrogens is 1. The van der Waals surface area contributed by atoms with E-state index in [9.17, 15) is 13.2 Å². The lowest BCUT2D eigenvalue weighted by Crippen LogP contribution is -2.37. The lowest BCUT2D eigenvalue weighted by molar-refractivity contribution is 0.109. The quantitative estimate of drug-likeness (QED) is 0.824. The van der Waals surface area contributed by atoms with Gasteiger partial charge >= 0.3 is 6.09 Å². The lowest BCUT2D eigenvalue weighted by Gasteiger charge is -2.21. The second-order valence-electron chi connectivity index (χ2n) is 5.81. The molecule has 8 nitrogen and oxygen atoms in total. The fourth-order valence-electron chi connectivity index (χ4n) is 2.86. The number of benzene rings is 1. The van der Waals surface area contributed by atoms with E-state index in [1.165, 1.54) is 16.4 Å². The molecule has 1 saturated heterocycles. The topological polar surface area (TPSA) is 93.0 Å². The third-order valence-electron chi connectivity index (χ3n) is 4.08. The fourth-order valence-corrected chi connectivity index (χ4v) is 4.35. The highest BCUT2D eigenvalue weighted by Crippen LogP contribution is 2.23. The van der Waals surface area contributed by atoms with E-state index >= 15 is 0 Å². The van der Waals surface area contributed by atoms with Crippen LogP contribution in [0.5, 0.6) is 0 Å². The minimum absolute atomic E-state index is 0.179. The van der Waals surface area contributed by atoms with E-state index in [1.807, 2.05) is 0 Å². The predicted octanol–water partition coefficient (Wildman–Crippen LogP) is 1.99. The van der Waals surface area contributed by atoms with Crippen molar-refractivity contribution in [3.8, 4) is 0 Å². The number of nitrogens with zero attached hydrogens (tertiary/aromatic N) is 3. The Bertz CT molecular complexity index is 877. The van der Waals surface area contributed by atoms with Crippen LogP contribution in [0, 0.1) is 6.92 Å². The average molecular weight is 367 g/mol. The molecule has 1 fully saturated rings. The van der Waals surface area contributed by atoms with Gasteiger partial charge in [0.05, 0.1) is 11.5 Å². The van der Waals surface area contributed by atoms with Crippen molar-refractivity contribution in [1.82, 2.24) is 14.2 Å². The number of ether oxygens (including phenoxy) is 1. The van der Waals surface area contributed by atoms with Crippen LogP contribution in [-0.2, 0) is 14.8 Å². The molecule has 0 saturated carbocycles. The molecule has 136 valence electrons. The Labute approximate surface area is 146 Å². The van der Waals surface area contributed by atoms with Crippen LogP contribution in [0.4, 0.5) is 4.79 Å². The highest BCUT2D eigenvalue weighted by atomic mass is 32.2. The first-order valence-corrected chi connectivity index (χ1v) is 9.65. The molecule has 25 heavy (non-hydrogen) atoms. The number of hydrogen-bond acceptors (Lipinski definition) is 6. The Kier molecular flexibility index (Phi) is 4.96. The van der Waals surface area contributed by atoms with Gasteiger partial charge in [-0.25, -0.2) is 18.2 Å². The summed E-state index contributed by atoms with van der Waals surface area (Å²) >= 11 is 0. The normalized spacial score (nSPS) is 16.8. The third-order valence-corrected chi connectivity index (χ3v) is 5.98. The SMILES string of the molecule is CCOC(=O)N1CCCN(S(=O)(=O)c2ccc3oc(C)nc3c2)CC1. The second-order valence-corrected chi connectivity index (χ2v) is 7.74. The number of rotatable bonds is 3. The molecule has 0 radical (unpaired) electrons. The molecule has 0 aliphatic carbocycles. The van der Waals surface area contributed by atoms with Gasteiger partial charge in [0.2, 0.25) is 10.0 Å². The summed E-state index contributed by atoms with van der Waals surface area (Å²) in [7, 11) is -3.66. The van der Waals surface area contributed by atoms with Gasteiger partial charge in [-0.3, -0.25) is 0 Å². The minimum atomic E-state index is -3.66. The first kappa shape index (κ1) is 17.7. The number of carbonyl (C=O) groups excluding carboxylic acids is 1. The van der Waals surface area contributed by atoms with Crippen LogP contribution >= 0.6 is 0 Å². The number of sulfonamides is 1. The summed E-state index contributed by atoms with van der Waals surface area (Å²) in [5.74, 6) is 0.490. The zero-order valence-electron chi connectivity index (χ0n) is 14.3. The Morgan fingerprint density at radius 1 is 1.28 bits per heavy atom. The number of fused-ring (bicyclic) bond motifs is 1. The van der Waals surface area contributed by atoms with Gasteiger partial charge < -0.3 is 14.1 Å². The van der Waals surface area contributed by atoms with Crippen molar-refractivity contribution in [3.05, 3.63) is 24.1 Å². The number of aryl methyl sites for hydroxylation is 1. The summed E-state index contributed by atoms with van der Waals surface area (Å²) in [6.07, 6.45) is 0.157. The highest BCUT2D eigenvalue weighted by Gasteiger charge is 2.29. The highest BCUT2D eigenvalue weighted by molar-refractivity contribution is 7.89. The van der Waals surface area contributed by atoms with Crippen LogP contribution in [0.1, 0.15) is 19.2 Å². The average Bonchev–Trinajstić information content (AvgIpc) is 2.78. The predicted molar refractivity (Wildman–Crippen MR) is 90.7 cm³/mol. The van der Waals surface area contributed by atoms with Gasteiger partial charge in [0.1, 0.15) is 5.52 Å². The van der Waals surface area contributed by atoms with Crippen LogP contribution in [0.2, 0.25) is 0 Å². The van der Waals surface area contributed by atoms with Gasteiger partial charge in [0, 0.05) is 33.1 Å². The standard InChI is InChI=1S/C16H21N3O5S/c1-3-23-16(20)18-7-4-8-19(10-9-18)25(21,22)13-5-6-15-14(11-13)17-12(2)24-15/h5-6,11H,3-4,7-10H2,1-2H3. The Morgan fingerprint density at radius 3 is 2.84 bits per heavy atom. The molecule has 1 aliphatic rings. The van der Waals surface area contributed by atoms with Crippen molar-refractivity contribution in [3.63, 3.8) is 0 Å². The van der Waals surface area contributed by atoms with Gasteiger partial charge in [0.15, 0.2) is 11.5 Å². The molecule has 1 amide bonds. The molecule has 0 bridgehead atoms. The van der Waals surface area contributed by atoms with Gasteiger partial charge in [-0.15, -0.1) is 0 Å². The first-order valence-electron chi connectivity index (χ1n) is 8.21. The lowest BCUT2D eigenvalue weighted by atomic mass is 10.3. The largest absolute Gasteiger partial charge is 0.450 e. The van der Waals surface area contributed by atoms with E-state index in [-0.39, 0.29) is 11.4 Å². The Hall–Kier alpha value is -2.13. The zero-order chi connectivity index (χ0) is 18.0. The zero-order valence-corrected chi connectivity index (χ0v) is 15.1. The van der Waals surface area contributed by atoms with E-state index in [1.54, 1.807) is 24.8 Å². The third kappa shape index (κ3) is 3.62. The van der Waals surface area contributed by atoms with Gasteiger partial charge in [0.25, 0.3) is 0 Å². The van der Waals surface area contributed by atoms with Crippen LogP contribution in [0.15, 0.2) is 27.5 Å². The van der Waals surface area contributed by atoms with Gasteiger partial charge in [-0.2, -0.15) is 4.31 Å². The summed E-state index contributed by atoms with van der Waals surface area (Å²) in [4.78, 5) is 17.8. The summed E-state index contributed by atoms with van der Waals surface area (Å²) in [5.41, 5.74) is 1.07. The Balaban J connectivity index is 1.80. The van der Waals surface area contributed by atoms with E-state index < -0.39 is 16.1 Å². The monoisotopic (exact) mass is 367 g/mol. The molecule has 9 heteroatoms. The maximum Gasteiger partial charge on any atom is 0.409 e. The number of amides is 1. The van der Waals surface area contributed by atoms with Crippen molar-refractivity contribution in [2.75, 3.05) is 32.8 Å². The molecule has 2 heterocycles. The van der Waals surface area contributed by atoms with Crippen molar-refractivity contribution >= 4 is 27.2 Å². The molecule has 1 aromatic heterocycles. The number of hydrogen-bond donors (Lipinski definition) is 0. The molecule has 0 unspecified atom stereocenters. The van der Waals surface area contributed by atoms with Crippen LogP contribution in [0.3, 0.4) is 0 Å². The van der Waals surface area contributed by atoms with Crippen molar-refractivity contribution in [2.45, 2.75) is 25.2 Å². The van der Waals surface area contributed by atoms with E-state index in [0.717, 1.165) is 0 Å². The maximum atomic E-state index is 12.9. The minimum Gasteiger partial charge on any atom is -0.450 e. The summed E-state index contributed by atoms with van der Waals surface area (Å²) in [5, 5.41) is 0. The van der Waals surface area contributed by atoms with E-state index in [0.29, 0.717) is 49.7 Å². The van der Waals surface area contributed by atoms with Crippen molar-refractivity contribution in [1.29, 1.82) is 0 Å². The molecule has 2 aromatic rings. The smallest absolute Gasteiger partial charge is 0.409 e. The molecular formula is C16H21N3O5S. The summed E-state index contributed by atoms with van der Waals surface area (Å²) in [6, 6.07) is 4.66. The molecular weight excluding hydrogens is 346 g/mol. The molecule has 3 rings (SSSR count). The van der Waals surface area contributed by atoms with Crippen molar-refractivity contribution in [2.24, 2.45) is 0 Å². The Morgan fingerprint density at radius 2 is 2.08 bits per heavy atom. The maximum absolute atomic E-state index is 12.9.